The van der Waals surface area contributed by atoms with Crippen LogP contribution in [-0.2, 0) is 24.0 Å². The first-order valence-electron chi connectivity index (χ1n) is 11.7. The molecule has 0 bridgehead atoms. The van der Waals surface area contributed by atoms with Crippen LogP contribution in [0.5, 0.6) is 0 Å². The second kappa shape index (κ2) is 18.0. The summed E-state index contributed by atoms with van der Waals surface area (Å²) >= 11 is 1.46. The molecule has 202 valence electrons. The van der Waals surface area contributed by atoms with Crippen LogP contribution in [0, 0.1) is 5.92 Å². The molecule has 0 aliphatic heterocycles. The molecule has 0 rings (SSSR count). The van der Waals surface area contributed by atoms with E-state index in [0.29, 0.717) is 31.6 Å². The molecule has 4 atom stereocenters. The van der Waals surface area contributed by atoms with Crippen molar-refractivity contribution in [2.75, 3.05) is 18.6 Å². The molecule has 13 heteroatoms. The average molecular weight is 520 g/mol. The van der Waals surface area contributed by atoms with Crippen LogP contribution < -0.4 is 27.4 Å². The summed E-state index contributed by atoms with van der Waals surface area (Å²) in [4.78, 5) is 60.9. The number of nitrogens with two attached hydrogens (primary N) is 2. The minimum atomic E-state index is -1.30. The van der Waals surface area contributed by atoms with Crippen molar-refractivity contribution in [1.82, 2.24) is 16.0 Å². The van der Waals surface area contributed by atoms with E-state index in [-0.39, 0.29) is 25.2 Å². The Bertz CT molecular complexity index is 708. The first-order chi connectivity index (χ1) is 16.4. The standard InChI is InChI=1S/C22H41N5O7S/c1-13(2)12-14(24)19(30)25-16(9-11-35-3)21(32)26-15(7-8-18(28)29)20(31)27-17(22(33)34)6-4-5-10-23/h13-17H,4-12,23-24H2,1-3H3,(H,25,30)(H,26,32)(H,27,31)(H,28,29)(H,33,34). The molecular formula is C22H41N5O7S. The van der Waals surface area contributed by atoms with Crippen LogP contribution in [-0.4, -0.2) is 82.6 Å². The zero-order valence-electron chi connectivity index (χ0n) is 20.7. The number of hydrogen-bond donors (Lipinski definition) is 7. The highest BCUT2D eigenvalue weighted by Crippen LogP contribution is 2.08. The van der Waals surface area contributed by atoms with Gasteiger partial charge in [0.05, 0.1) is 6.04 Å². The number of carbonyl (C=O) groups is 5. The third kappa shape index (κ3) is 14.6. The van der Waals surface area contributed by atoms with E-state index in [9.17, 15) is 29.1 Å². The number of rotatable bonds is 19. The normalized spacial score (nSPS) is 14.5. The lowest BCUT2D eigenvalue weighted by atomic mass is 10.0. The van der Waals surface area contributed by atoms with Crippen LogP contribution in [0.15, 0.2) is 0 Å². The largest absolute Gasteiger partial charge is 0.481 e. The number of unbranched alkanes of at least 4 members (excludes halogenated alkanes) is 1. The number of carboxylic acids is 2. The number of nitrogens with one attached hydrogen (secondary N) is 3. The molecule has 3 amide bonds. The number of aliphatic carboxylic acids is 2. The highest BCUT2D eigenvalue weighted by molar-refractivity contribution is 7.98. The Morgan fingerprint density at radius 3 is 1.86 bits per heavy atom. The van der Waals surface area contributed by atoms with Crippen LogP contribution in [0.1, 0.15) is 58.8 Å². The highest BCUT2D eigenvalue weighted by atomic mass is 32.2. The van der Waals surface area contributed by atoms with Crippen molar-refractivity contribution in [3.05, 3.63) is 0 Å². The molecule has 35 heavy (non-hydrogen) atoms. The summed E-state index contributed by atoms with van der Waals surface area (Å²) in [7, 11) is 0. The van der Waals surface area contributed by atoms with E-state index in [4.69, 9.17) is 16.6 Å². The zero-order valence-corrected chi connectivity index (χ0v) is 21.6. The summed E-state index contributed by atoms with van der Waals surface area (Å²) < 4.78 is 0. The summed E-state index contributed by atoms with van der Waals surface area (Å²) in [6.45, 7) is 4.20. The molecule has 0 aromatic rings. The Balaban J connectivity index is 5.48. The summed E-state index contributed by atoms with van der Waals surface area (Å²) in [6.07, 6.45) is 3.03. The Kier molecular flexibility index (Phi) is 16.7. The van der Waals surface area contributed by atoms with Gasteiger partial charge in [-0.05, 0) is 63.0 Å². The molecule has 0 radical (unpaired) electrons. The van der Waals surface area contributed by atoms with Gasteiger partial charge >= 0.3 is 11.9 Å². The predicted molar refractivity (Wildman–Crippen MR) is 134 cm³/mol. The Morgan fingerprint density at radius 1 is 0.829 bits per heavy atom. The molecule has 0 heterocycles. The van der Waals surface area contributed by atoms with E-state index in [2.05, 4.69) is 16.0 Å². The van der Waals surface area contributed by atoms with Crippen molar-refractivity contribution < 1.29 is 34.2 Å². The first kappa shape index (κ1) is 32.6. The van der Waals surface area contributed by atoms with Crippen molar-refractivity contribution in [3.63, 3.8) is 0 Å². The van der Waals surface area contributed by atoms with Gasteiger partial charge in [-0.25, -0.2) is 4.79 Å². The smallest absolute Gasteiger partial charge is 0.326 e. The van der Waals surface area contributed by atoms with E-state index >= 15 is 0 Å². The van der Waals surface area contributed by atoms with E-state index in [1.54, 1.807) is 0 Å². The second-order valence-corrected chi connectivity index (χ2v) is 9.74. The van der Waals surface area contributed by atoms with Gasteiger partial charge in [-0.1, -0.05) is 13.8 Å². The highest BCUT2D eigenvalue weighted by Gasteiger charge is 2.30. The fraction of sp³-hybridized carbons (Fsp3) is 0.773. The molecule has 4 unspecified atom stereocenters. The van der Waals surface area contributed by atoms with Gasteiger partial charge in [-0.2, -0.15) is 11.8 Å². The molecule has 0 aromatic carbocycles. The zero-order chi connectivity index (χ0) is 27.0. The van der Waals surface area contributed by atoms with Gasteiger partial charge in [0.25, 0.3) is 0 Å². The second-order valence-electron chi connectivity index (χ2n) is 8.76. The molecule has 0 aromatic heterocycles. The lowest BCUT2D eigenvalue weighted by Crippen LogP contribution is -2.57. The lowest BCUT2D eigenvalue weighted by Gasteiger charge is -2.25. The van der Waals surface area contributed by atoms with E-state index < -0.39 is 60.2 Å². The van der Waals surface area contributed by atoms with Gasteiger partial charge < -0.3 is 37.6 Å². The predicted octanol–water partition coefficient (Wildman–Crippen LogP) is -0.354. The molecule has 0 spiro atoms. The van der Waals surface area contributed by atoms with Crippen LogP contribution in [0.2, 0.25) is 0 Å². The number of thioether (sulfide) groups is 1. The Hall–Kier alpha value is -2.38. The minimum Gasteiger partial charge on any atom is -0.481 e. The lowest BCUT2D eigenvalue weighted by molar-refractivity contribution is -0.143. The van der Waals surface area contributed by atoms with E-state index in [1.165, 1.54) is 11.8 Å². The van der Waals surface area contributed by atoms with Gasteiger partial charge in [0.1, 0.15) is 18.1 Å². The maximum absolute atomic E-state index is 13.0. The average Bonchev–Trinajstić information content (AvgIpc) is 2.77. The number of amides is 3. The van der Waals surface area contributed by atoms with Crippen LogP contribution in [0.25, 0.3) is 0 Å². The SMILES string of the molecule is CSCCC(NC(=O)C(N)CC(C)C)C(=O)NC(CCC(=O)O)C(=O)NC(CCCCN)C(=O)O. The molecule has 12 nitrogen and oxygen atoms in total. The van der Waals surface area contributed by atoms with Crippen LogP contribution in [0.4, 0.5) is 0 Å². The molecule has 9 N–H and O–H groups in total. The Labute approximate surface area is 210 Å². The number of hydrogen-bond acceptors (Lipinski definition) is 8. The van der Waals surface area contributed by atoms with Crippen molar-refractivity contribution >= 4 is 41.4 Å². The number of carboxylic acid groups (broad SMARTS) is 2. The van der Waals surface area contributed by atoms with Crippen molar-refractivity contribution in [3.8, 4) is 0 Å². The molecule has 0 fully saturated rings. The molecule has 0 aliphatic carbocycles. The van der Waals surface area contributed by atoms with Gasteiger partial charge in [-0.3, -0.25) is 19.2 Å². The summed E-state index contributed by atoms with van der Waals surface area (Å²) in [5.41, 5.74) is 11.3. The van der Waals surface area contributed by atoms with Gasteiger partial charge in [0.2, 0.25) is 17.7 Å². The summed E-state index contributed by atoms with van der Waals surface area (Å²) in [6, 6.07) is -4.31. The Morgan fingerprint density at radius 2 is 1.37 bits per heavy atom. The van der Waals surface area contributed by atoms with Crippen LogP contribution >= 0.6 is 11.8 Å². The van der Waals surface area contributed by atoms with Crippen molar-refractivity contribution in [2.24, 2.45) is 17.4 Å². The third-order valence-electron chi connectivity index (χ3n) is 5.15. The first-order valence-corrected chi connectivity index (χ1v) is 13.1. The fourth-order valence-corrected chi connectivity index (χ4v) is 3.70. The fourth-order valence-electron chi connectivity index (χ4n) is 3.23. The quantitative estimate of drug-likeness (QED) is 0.110. The number of carbonyl (C=O) groups excluding carboxylic acids is 3. The van der Waals surface area contributed by atoms with Crippen molar-refractivity contribution in [2.45, 2.75) is 83.0 Å². The molecular weight excluding hydrogens is 478 g/mol. The van der Waals surface area contributed by atoms with E-state index in [1.807, 2.05) is 20.1 Å². The summed E-state index contributed by atoms with van der Waals surface area (Å²) in [5, 5.41) is 25.9. The molecule has 0 aliphatic rings. The maximum Gasteiger partial charge on any atom is 0.326 e. The molecule has 0 saturated heterocycles. The van der Waals surface area contributed by atoms with Crippen LogP contribution in [0.3, 0.4) is 0 Å². The van der Waals surface area contributed by atoms with Gasteiger partial charge in [0.15, 0.2) is 0 Å². The molecule has 0 saturated carbocycles. The van der Waals surface area contributed by atoms with Crippen molar-refractivity contribution in [1.29, 1.82) is 0 Å². The third-order valence-corrected chi connectivity index (χ3v) is 5.79. The van der Waals surface area contributed by atoms with Gasteiger partial charge in [0, 0.05) is 6.42 Å². The maximum atomic E-state index is 13.0. The minimum absolute atomic E-state index is 0.137. The monoisotopic (exact) mass is 519 g/mol. The van der Waals surface area contributed by atoms with Gasteiger partial charge in [-0.15, -0.1) is 0 Å². The summed E-state index contributed by atoms with van der Waals surface area (Å²) in [5.74, 6) is -3.71. The van der Waals surface area contributed by atoms with E-state index in [0.717, 1.165) is 0 Å². The topological polar surface area (TPSA) is 214 Å².